The Morgan fingerprint density at radius 1 is 0.891 bits per heavy atom. The fourth-order valence-electron chi connectivity index (χ4n) is 10.4. The monoisotopic (exact) mass is 642 g/mol. The quantitative estimate of drug-likeness (QED) is 0.341. The predicted molar refractivity (Wildman–Crippen MR) is 172 cm³/mol. The Hall–Kier alpha value is -1.63. The molecule has 1 N–H and O–H groups in total. The summed E-state index contributed by atoms with van der Waals surface area (Å²) in [6.07, 6.45) is 8.47. The van der Waals surface area contributed by atoms with Crippen molar-refractivity contribution in [3.8, 4) is 0 Å². The van der Waals surface area contributed by atoms with Crippen LogP contribution in [0.15, 0.2) is 11.8 Å². The minimum atomic E-state index is -1.20. The van der Waals surface area contributed by atoms with Crippen LogP contribution in [0.3, 0.4) is 0 Å². The summed E-state index contributed by atoms with van der Waals surface area (Å²) in [5, 5.41) is 3.60. The van der Waals surface area contributed by atoms with Crippen LogP contribution in [-0.2, 0) is 19.1 Å². The number of morpholine rings is 1. The maximum atomic E-state index is 16.3. The van der Waals surface area contributed by atoms with Crippen LogP contribution in [0, 0.1) is 17.8 Å². The van der Waals surface area contributed by atoms with Crippen molar-refractivity contribution in [1.82, 2.24) is 29.8 Å². The fourth-order valence-corrected chi connectivity index (χ4v) is 10.4. The second-order valence-corrected chi connectivity index (χ2v) is 15.8. The molecule has 8 aliphatic rings. The summed E-state index contributed by atoms with van der Waals surface area (Å²) in [4.78, 5) is 39.3. The second kappa shape index (κ2) is 13.0. The maximum Gasteiger partial charge on any atom is 0.259 e. The number of carbonyl (C=O) groups is 2. The molecule has 11 atom stereocenters. The zero-order valence-corrected chi connectivity index (χ0v) is 27.9. The number of hydrogen-bond acceptors (Lipinski definition) is 9. The van der Waals surface area contributed by atoms with Gasteiger partial charge in [0.05, 0.1) is 48.1 Å². The molecule has 4 saturated heterocycles. The number of piperazine rings is 2. The summed E-state index contributed by atoms with van der Waals surface area (Å²) in [6, 6.07) is -0.698. The number of nitrogens with zero attached hydrogens (tertiary/aromatic N) is 5. The van der Waals surface area contributed by atoms with Crippen molar-refractivity contribution < 1.29 is 23.5 Å². The number of ketones is 1. The molecule has 8 rings (SSSR count). The number of fused-ring (bicyclic) bond motifs is 5. The number of hydrogen-bond donors (Lipinski definition) is 1. The van der Waals surface area contributed by atoms with Crippen LogP contribution in [0.4, 0.5) is 4.39 Å². The highest BCUT2D eigenvalue weighted by atomic mass is 19.1. The summed E-state index contributed by atoms with van der Waals surface area (Å²) in [7, 11) is 4.23. The molecule has 3 saturated carbocycles. The van der Waals surface area contributed by atoms with E-state index in [-0.39, 0.29) is 48.0 Å². The van der Waals surface area contributed by atoms with Crippen molar-refractivity contribution >= 4 is 11.7 Å². The lowest BCUT2D eigenvalue weighted by Gasteiger charge is -2.60. The van der Waals surface area contributed by atoms with Crippen molar-refractivity contribution in [2.45, 2.75) is 100 Å². The molecule has 0 aromatic heterocycles. The van der Waals surface area contributed by atoms with E-state index in [1.807, 2.05) is 11.1 Å². The highest BCUT2D eigenvalue weighted by molar-refractivity contribution is 6.20. The van der Waals surface area contributed by atoms with Gasteiger partial charge in [0.25, 0.3) is 5.91 Å². The Bertz CT molecular complexity index is 1170. The molecule has 256 valence electrons. The highest BCUT2D eigenvalue weighted by Gasteiger charge is 2.61. The van der Waals surface area contributed by atoms with Crippen LogP contribution in [0.5, 0.6) is 0 Å². The van der Waals surface area contributed by atoms with E-state index < -0.39 is 24.2 Å². The van der Waals surface area contributed by atoms with E-state index in [4.69, 9.17) is 9.47 Å². The molecule has 0 spiro atoms. The van der Waals surface area contributed by atoms with E-state index in [2.05, 4.69) is 39.0 Å². The van der Waals surface area contributed by atoms with Crippen molar-refractivity contribution in [1.29, 1.82) is 0 Å². The van der Waals surface area contributed by atoms with Gasteiger partial charge >= 0.3 is 0 Å². The van der Waals surface area contributed by atoms with Gasteiger partial charge in [0, 0.05) is 64.5 Å². The number of nitrogens with one attached hydrogen (secondary N) is 1. The van der Waals surface area contributed by atoms with Gasteiger partial charge in [-0.05, 0) is 77.5 Å². The number of ether oxygens (including phenoxy) is 2. The number of amides is 1. The lowest BCUT2D eigenvalue weighted by Crippen LogP contribution is -2.73. The zero-order valence-electron chi connectivity index (χ0n) is 27.9. The van der Waals surface area contributed by atoms with E-state index >= 15 is 4.39 Å². The molecule has 11 unspecified atom stereocenters. The van der Waals surface area contributed by atoms with Crippen LogP contribution in [0.1, 0.15) is 51.4 Å². The standard InChI is InChI=1S/C35H55FN6O4/c1-38-10-14-40(15-11-38)9-5-8-37-31-26(36)18-24-32-34(31)46-30-19-23-22-6-3-4-7-28(22)45-29(23)20-27(30)42(32)21-25(33(24)43)35(44)41-16-12-39(2)13-17-41/h21-24,26-32,34,37H,3-20H2,1-2H3. The minimum absolute atomic E-state index is 0.0302. The Labute approximate surface area is 273 Å². The first-order valence-electron chi connectivity index (χ1n) is 18.5. The second-order valence-electron chi connectivity index (χ2n) is 15.8. The van der Waals surface area contributed by atoms with Gasteiger partial charge in [0.1, 0.15) is 6.17 Å². The van der Waals surface area contributed by atoms with Crippen molar-refractivity contribution in [3.63, 3.8) is 0 Å². The first kappa shape index (κ1) is 31.6. The molecule has 7 fully saturated rings. The third-order valence-electron chi connectivity index (χ3n) is 13.1. The van der Waals surface area contributed by atoms with Crippen LogP contribution < -0.4 is 5.32 Å². The smallest absolute Gasteiger partial charge is 0.259 e. The van der Waals surface area contributed by atoms with E-state index in [0.717, 1.165) is 78.0 Å². The molecule has 5 heterocycles. The fraction of sp³-hybridized carbons (Fsp3) is 0.886. The Kier molecular flexibility index (Phi) is 8.94. The maximum absolute atomic E-state index is 16.3. The van der Waals surface area contributed by atoms with Crippen molar-refractivity contribution in [2.75, 3.05) is 79.5 Å². The topological polar surface area (TPSA) is 80.8 Å². The van der Waals surface area contributed by atoms with E-state index in [9.17, 15) is 9.59 Å². The Morgan fingerprint density at radius 3 is 2.41 bits per heavy atom. The number of halogens is 1. The summed E-state index contributed by atoms with van der Waals surface area (Å²) >= 11 is 0. The average Bonchev–Trinajstić information content (AvgIpc) is 3.42. The molecule has 10 nitrogen and oxygen atoms in total. The number of Topliss-reactive ketones (excluding diaryl/α,β-unsaturated/α-hetero) is 1. The first-order chi connectivity index (χ1) is 22.4. The number of rotatable bonds is 6. The summed E-state index contributed by atoms with van der Waals surface area (Å²) in [5.41, 5.74) is 0.249. The SMILES string of the molecule is CN1CCN(CCCNC2C(F)CC3C(=O)C(C(=O)N4CCN(C)CC4)=CN4C5CC6OC7CCCCC7C6CC5OC2C34)CC1. The molecule has 46 heavy (non-hydrogen) atoms. The number of likely N-dealkylation sites (N-methyl/N-ethyl adjacent to an activating group) is 2. The minimum Gasteiger partial charge on any atom is -0.374 e. The van der Waals surface area contributed by atoms with Crippen LogP contribution in [0.25, 0.3) is 0 Å². The van der Waals surface area contributed by atoms with Crippen LogP contribution >= 0.6 is 0 Å². The lowest BCUT2D eigenvalue weighted by atomic mass is 9.67. The van der Waals surface area contributed by atoms with Gasteiger partial charge in [0.2, 0.25) is 0 Å². The molecule has 1 amide bonds. The zero-order chi connectivity index (χ0) is 31.5. The van der Waals surface area contributed by atoms with E-state index in [1.54, 1.807) is 0 Å². The first-order valence-corrected chi connectivity index (χ1v) is 18.5. The molecule has 0 bridgehead atoms. The van der Waals surface area contributed by atoms with Crippen LogP contribution in [0.2, 0.25) is 0 Å². The van der Waals surface area contributed by atoms with Gasteiger partial charge in [-0.25, -0.2) is 4.39 Å². The average molecular weight is 643 g/mol. The summed E-state index contributed by atoms with van der Waals surface area (Å²) in [6.45, 7) is 8.88. The van der Waals surface area contributed by atoms with Gasteiger partial charge < -0.3 is 39.3 Å². The van der Waals surface area contributed by atoms with Crippen molar-refractivity contribution in [3.05, 3.63) is 11.8 Å². The number of alkyl halides is 1. The molecule has 0 aromatic rings. The molecule has 11 heteroatoms. The molecular weight excluding hydrogens is 587 g/mol. The van der Waals surface area contributed by atoms with E-state index in [1.165, 1.54) is 19.3 Å². The normalized spacial score (nSPS) is 43.4. The Morgan fingerprint density at radius 2 is 1.63 bits per heavy atom. The van der Waals surface area contributed by atoms with E-state index in [0.29, 0.717) is 31.0 Å². The summed E-state index contributed by atoms with van der Waals surface area (Å²) < 4.78 is 30.1. The van der Waals surface area contributed by atoms with Gasteiger partial charge in [-0.3, -0.25) is 9.59 Å². The van der Waals surface area contributed by atoms with Gasteiger partial charge in [-0.1, -0.05) is 12.8 Å². The summed E-state index contributed by atoms with van der Waals surface area (Å²) in [5.74, 6) is 0.106. The third-order valence-corrected chi connectivity index (χ3v) is 13.1. The molecule has 3 aliphatic carbocycles. The van der Waals surface area contributed by atoms with Crippen LogP contribution in [-0.4, -0.2) is 164 Å². The van der Waals surface area contributed by atoms with Crippen molar-refractivity contribution in [2.24, 2.45) is 17.8 Å². The Balaban J connectivity index is 1.04. The molecule has 0 aromatic carbocycles. The molecule has 5 aliphatic heterocycles. The van der Waals surface area contributed by atoms with Gasteiger partial charge in [-0.15, -0.1) is 0 Å². The number of carbonyl (C=O) groups excluding carboxylic acids is 2. The van der Waals surface area contributed by atoms with Gasteiger partial charge in [-0.2, -0.15) is 0 Å². The molecule has 0 radical (unpaired) electrons. The lowest BCUT2D eigenvalue weighted by molar-refractivity contribution is -0.209. The predicted octanol–water partition coefficient (Wildman–Crippen LogP) is 1.35. The molecular formula is C35H55FN6O4. The largest absolute Gasteiger partial charge is 0.374 e. The van der Waals surface area contributed by atoms with Gasteiger partial charge in [0.15, 0.2) is 5.78 Å². The highest BCUT2D eigenvalue weighted by Crippen LogP contribution is 2.52. The third kappa shape index (κ3) is 5.74.